The van der Waals surface area contributed by atoms with Crippen molar-refractivity contribution in [2.45, 2.75) is 45.9 Å². The van der Waals surface area contributed by atoms with Crippen LogP contribution in [0.4, 0.5) is 0 Å². The molecule has 112 valence electrons. The van der Waals surface area contributed by atoms with Crippen LogP contribution in [0.5, 0.6) is 0 Å². The van der Waals surface area contributed by atoms with E-state index in [1.807, 2.05) is 26.8 Å². The number of rotatable bonds is 2. The largest absolute Gasteiger partial charge is 0.243 e. The van der Waals surface area contributed by atoms with Crippen molar-refractivity contribution in [1.82, 2.24) is 4.31 Å². The topological polar surface area (TPSA) is 37.4 Å². The SMILES string of the molecule is Cc1ccc(S(=O)(=O)N2C[C@@H](C)C[C@H](C)C2)c(C)c1C. The van der Waals surface area contributed by atoms with E-state index in [1.165, 1.54) is 0 Å². The van der Waals surface area contributed by atoms with Crippen LogP contribution in [0.15, 0.2) is 17.0 Å². The summed E-state index contributed by atoms with van der Waals surface area (Å²) in [5, 5.41) is 0. The Morgan fingerprint density at radius 1 is 1.00 bits per heavy atom. The van der Waals surface area contributed by atoms with Gasteiger partial charge >= 0.3 is 0 Å². The first-order chi connectivity index (χ1) is 9.23. The van der Waals surface area contributed by atoms with E-state index in [9.17, 15) is 8.42 Å². The molecule has 0 bridgehead atoms. The fourth-order valence-electron chi connectivity index (χ4n) is 3.15. The summed E-state index contributed by atoms with van der Waals surface area (Å²) in [6.45, 7) is 11.5. The molecule has 20 heavy (non-hydrogen) atoms. The summed E-state index contributed by atoms with van der Waals surface area (Å²) in [6, 6.07) is 3.67. The van der Waals surface area contributed by atoms with Crippen molar-refractivity contribution in [3.8, 4) is 0 Å². The van der Waals surface area contributed by atoms with Crippen molar-refractivity contribution in [1.29, 1.82) is 0 Å². The molecule has 2 atom stereocenters. The van der Waals surface area contributed by atoms with Gasteiger partial charge in [0, 0.05) is 13.1 Å². The molecule has 1 aliphatic heterocycles. The third kappa shape index (κ3) is 2.77. The van der Waals surface area contributed by atoms with Crippen molar-refractivity contribution in [2.75, 3.05) is 13.1 Å². The van der Waals surface area contributed by atoms with Crippen LogP contribution >= 0.6 is 0 Å². The van der Waals surface area contributed by atoms with Gasteiger partial charge in [0.05, 0.1) is 4.90 Å². The van der Waals surface area contributed by atoms with Crippen LogP contribution in [0.1, 0.15) is 37.0 Å². The summed E-state index contributed by atoms with van der Waals surface area (Å²) in [5.41, 5.74) is 3.10. The minimum absolute atomic E-state index is 0.431. The Balaban J connectivity index is 2.43. The van der Waals surface area contributed by atoms with Gasteiger partial charge < -0.3 is 0 Å². The molecule has 0 aromatic heterocycles. The van der Waals surface area contributed by atoms with Gasteiger partial charge in [-0.3, -0.25) is 0 Å². The van der Waals surface area contributed by atoms with Crippen molar-refractivity contribution in [2.24, 2.45) is 11.8 Å². The van der Waals surface area contributed by atoms with Gasteiger partial charge in [0.1, 0.15) is 0 Å². The first-order valence-corrected chi connectivity index (χ1v) is 8.74. The molecule has 0 amide bonds. The summed E-state index contributed by atoms with van der Waals surface area (Å²) >= 11 is 0. The maximum absolute atomic E-state index is 12.9. The van der Waals surface area contributed by atoms with E-state index in [2.05, 4.69) is 13.8 Å². The zero-order chi connectivity index (χ0) is 15.1. The molecule has 1 fully saturated rings. The number of nitrogens with zero attached hydrogens (tertiary/aromatic N) is 1. The Bertz CT molecular complexity index is 597. The molecule has 1 aromatic carbocycles. The normalized spacial score (nSPS) is 24.9. The zero-order valence-electron chi connectivity index (χ0n) is 13.1. The van der Waals surface area contributed by atoms with Crippen molar-refractivity contribution in [3.63, 3.8) is 0 Å². The first kappa shape index (κ1) is 15.5. The zero-order valence-corrected chi connectivity index (χ0v) is 13.9. The highest BCUT2D eigenvalue weighted by Gasteiger charge is 2.32. The lowest BCUT2D eigenvalue weighted by molar-refractivity contribution is 0.222. The summed E-state index contributed by atoms with van der Waals surface area (Å²) < 4.78 is 27.4. The molecule has 1 aromatic rings. The maximum atomic E-state index is 12.9. The monoisotopic (exact) mass is 295 g/mol. The Kier molecular flexibility index (Phi) is 4.26. The fraction of sp³-hybridized carbons (Fsp3) is 0.625. The molecular formula is C16H25NO2S. The number of aryl methyl sites for hydroxylation is 1. The molecule has 0 spiro atoms. The summed E-state index contributed by atoms with van der Waals surface area (Å²) in [4.78, 5) is 0.474. The van der Waals surface area contributed by atoms with Gasteiger partial charge in [0.25, 0.3) is 0 Å². The first-order valence-electron chi connectivity index (χ1n) is 7.30. The standard InChI is InChI=1S/C16H25NO2S/c1-11-8-12(2)10-17(9-11)20(18,19)16-7-6-13(3)14(4)15(16)5/h6-7,11-12H,8-10H2,1-5H3/t11-,12-/m0/s1. The molecule has 0 radical (unpaired) electrons. The second-order valence-electron chi connectivity index (χ2n) is 6.40. The highest BCUT2D eigenvalue weighted by Crippen LogP contribution is 2.29. The van der Waals surface area contributed by atoms with Gasteiger partial charge in [0.2, 0.25) is 10.0 Å². The second-order valence-corrected chi connectivity index (χ2v) is 8.31. The van der Waals surface area contributed by atoms with Gasteiger partial charge in [-0.15, -0.1) is 0 Å². The molecule has 0 saturated carbocycles. The lowest BCUT2D eigenvalue weighted by Gasteiger charge is -2.34. The van der Waals surface area contributed by atoms with E-state index in [4.69, 9.17) is 0 Å². The molecule has 1 saturated heterocycles. The Morgan fingerprint density at radius 2 is 1.55 bits per heavy atom. The van der Waals surface area contributed by atoms with Gasteiger partial charge in [0.15, 0.2) is 0 Å². The number of hydrogen-bond acceptors (Lipinski definition) is 2. The molecule has 0 aliphatic carbocycles. The highest BCUT2D eigenvalue weighted by molar-refractivity contribution is 7.89. The number of piperidine rings is 1. The van der Waals surface area contributed by atoms with E-state index >= 15 is 0 Å². The van der Waals surface area contributed by atoms with Crippen molar-refractivity contribution < 1.29 is 8.42 Å². The second kappa shape index (κ2) is 5.49. The molecular weight excluding hydrogens is 270 g/mol. The third-order valence-corrected chi connectivity index (χ3v) is 6.44. The van der Waals surface area contributed by atoms with Crippen LogP contribution in [0, 0.1) is 32.6 Å². The van der Waals surface area contributed by atoms with Gasteiger partial charge in [-0.05, 0) is 61.8 Å². The third-order valence-electron chi connectivity index (χ3n) is 4.46. The Labute approximate surface area is 123 Å². The molecule has 1 aliphatic rings. The van der Waals surface area contributed by atoms with E-state index < -0.39 is 10.0 Å². The average Bonchev–Trinajstić information content (AvgIpc) is 2.34. The molecule has 2 rings (SSSR count). The Morgan fingerprint density at radius 3 is 2.10 bits per heavy atom. The van der Waals surface area contributed by atoms with Crippen LogP contribution in [0.2, 0.25) is 0 Å². The van der Waals surface area contributed by atoms with E-state index in [-0.39, 0.29) is 0 Å². The minimum Gasteiger partial charge on any atom is -0.207 e. The average molecular weight is 295 g/mol. The lowest BCUT2D eigenvalue weighted by Crippen LogP contribution is -2.42. The van der Waals surface area contributed by atoms with Crippen molar-refractivity contribution >= 4 is 10.0 Å². The van der Waals surface area contributed by atoms with E-state index in [1.54, 1.807) is 10.4 Å². The molecule has 4 heteroatoms. The van der Waals surface area contributed by atoms with Crippen molar-refractivity contribution in [3.05, 3.63) is 28.8 Å². The predicted molar refractivity (Wildman–Crippen MR) is 82.4 cm³/mol. The molecule has 0 N–H and O–H groups in total. The summed E-state index contributed by atoms with van der Waals surface area (Å²) in [7, 11) is -3.36. The smallest absolute Gasteiger partial charge is 0.207 e. The van der Waals surface area contributed by atoms with Crippen LogP contribution < -0.4 is 0 Å². The van der Waals surface area contributed by atoms with Crippen LogP contribution in [-0.4, -0.2) is 25.8 Å². The summed E-state index contributed by atoms with van der Waals surface area (Å²) in [5.74, 6) is 0.862. The Hall–Kier alpha value is -0.870. The lowest BCUT2D eigenvalue weighted by atomic mass is 9.94. The molecule has 3 nitrogen and oxygen atoms in total. The van der Waals surface area contributed by atoms with E-state index in [0.29, 0.717) is 29.8 Å². The highest BCUT2D eigenvalue weighted by atomic mass is 32.2. The minimum atomic E-state index is -3.36. The van der Waals surface area contributed by atoms with Gasteiger partial charge in [-0.2, -0.15) is 4.31 Å². The van der Waals surface area contributed by atoms with E-state index in [0.717, 1.165) is 23.1 Å². The number of benzene rings is 1. The quantitative estimate of drug-likeness (QED) is 0.839. The van der Waals surface area contributed by atoms with Crippen LogP contribution in [0.3, 0.4) is 0 Å². The molecule has 1 heterocycles. The summed E-state index contributed by atoms with van der Waals surface area (Å²) in [6.07, 6.45) is 1.11. The van der Waals surface area contributed by atoms with Crippen LogP contribution in [-0.2, 0) is 10.0 Å². The predicted octanol–water partition coefficient (Wildman–Crippen LogP) is 3.28. The van der Waals surface area contributed by atoms with Crippen LogP contribution in [0.25, 0.3) is 0 Å². The molecule has 0 unspecified atom stereocenters. The van der Waals surface area contributed by atoms with Gasteiger partial charge in [-0.1, -0.05) is 19.9 Å². The van der Waals surface area contributed by atoms with Gasteiger partial charge in [-0.25, -0.2) is 8.42 Å². The fourth-order valence-corrected chi connectivity index (χ4v) is 5.11. The number of hydrogen-bond donors (Lipinski definition) is 0. The number of sulfonamides is 1. The maximum Gasteiger partial charge on any atom is 0.243 e.